The smallest absolute Gasteiger partial charge is 0.230 e. The Hall–Kier alpha value is -2.38. The molecular weight excluding hydrogens is 346 g/mol. The minimum Gasteiger partial charge on any atom is -0.369 e. The van der Waals surface area contributed by atoms with Gasteiger partial charge in [0.1, 0.15) is 0 Å². The normalized spacial score (nSPS) is 12.1. The van der Waals surface area contributed by atoms with E-state index in [1.54, 1.807) is 31.5 Å². The van der Waals surface area contributed by atoms with Gasteiger partial charge in [-0.15, -0.1) is 10.2 Å². The van der Waals surface area contributed by atoms with Crippen molar-refractivity contribution in [2.24, 2.45) is 5.73 Å². The third-order valence-corrected chi connectivity index (χ3v) is 4.65. The van der Waals surface area contributed by atoms with Gasteiger partial charge in [0.25, 0.3) is 0 Å². The Morgan fingerprint density at radius 3 is 2.46 bits per heavy atom. The highest BCUT2D eigenvalue weighted by molar-refractivity contribution is 8.00. The Labute approximate surface area is 148 Å². The van der Waals surface area contributed by atoms with E-state index in [4.69, 9.17) is 17.3 Å². The molecule has 0 spiro atoms. The molecular formula is C16H14ClN5OS. The first-order valence-electron chi connectivity index (χ1n) is 7.14. The zero-order chi connectivity index (χ0) is 17.1. The van der Waals surface area contributed by atoms with E-state index in [1.165, 1.54) is 11.8 Å². The molecule has 24 heavy (non-hydrogen) atoms. The summed E-state index contributed by atoms with van der Waals surface area (Å²) >= 11 is 7.24. The molecule has 1 atom stereocenters. The molecule has 1 aromatic carbocycles. The maximum absolute atomic E-state index is 11.4. The van der Waals surface area contributed by atoms with Crippen LogP contribution in [0, 0.1) is 0 Å². The number of hydrogen-bond acceptors (Lipinski definition) is 5. The SMILES string of the molecule is CC(Sc1nnc(-c2ccncc2)n1-c1ccc(Cl)cc1)C(N)=O. The van der Waals surface area contributed by atoms with Gasteiger partial charge in [-0.2, -0.15) is 0 Å². The molecule has 2 N–H and O–H groups in total. The first-order valence-corrected chi connectivity index (χ1v) is 8.40. The Morgan fingerprint density at radius 2 is 1.83 bits per heavy atom. The number of nitrogens with zero attached hydrogens (tertiary/aromatic N) is 4. The standard InChI is InChI=1S/C16H14ClN5OS/c1-10(14(18)23)24-16-21-20-15(11-6-8-19-9-7-11)22(16)13-4-2-12(17)3-5-13/h2-10H,1H3,(H2,18,23). The lowest BCUT2D eigenvalue weighted by atomic mass is 10.2. The largest absolute Gasteiger partial charge is 0.369 e. The molecule has 8 heteroatoms. The number of thioether (sulfide) groups is 1. The van der Waals surface area contributed by atoms with Crippen molar-refractivity contribution < 1.29 is 4.79 Å². The maximum Gasteiger partial charge on any atom is 0.230 e. The molecule has 2 heterocycles. The summed E-state index contributed by atoms with van der Waals surface area (Å²) in [4.78, 5) is 15.4. The van der Waals surface area contributed by atoms with E-state index in [-0.39, 0.29) is 0 Å². The van der Waals surface area contributed by atoms with Gasteiger partial charge in [0.15, 0.2) is 11.0 Å². The van der Waals surface area contributed by atoms with E-state index < -0.39 is 11.2 Å². The van der Waals surface area contributed by atoms with Crippen LogP contribution in [0.2, 0.25) is 5.02 Å². The van der Waals surface area contributed by atoms with E-state index in [2.05, 4.69) is 15.2 Å². The number of carbonyl (C=O) groups is 1. The van der Waals surface area contributed by atoms with Gasteiger partial charge in [-0.3, -0.25) is 14.3 Å². The molecule has 0 fully saturated rings. The molecule has 1 unspecified atom stereocenters. The average Bonchev–Trinajstić information content (AvgIpc) is 3.00. The molecule has 0 radical (unpaired) electrons. The number of benzene rings is 1. The molecule has 122 valence electrons. The van der Waals surface area contributed by atoms with Gasteiger partial charge in [-0.05, 0) is 43.3 Å². The molecule has 6 nitrogen and oxygen atoms in total. The van der Waals surface area contributed by atoms with E-state index in [0.717, 1.165) is 11.3 Å². The van der Waals surface area contributed by atoms with Crippen molar-refractivity contribution in [3.8, 4) is 17.1 Å². The molecule has 0 aliphatic heterocycles. The van der Waals surface area contributed by atoms with Crippen molar-refractivity contribution in [2.75, 3.05) is 0 Å². The third-order valence-electron chi connectivity index (χ3n) is 3.34. The fourth-order valence-corrected chi connectivity index (χ4v) is 3.02. The fourth-order valence-electron chi connectivity index (χ4n) is 2.07. The van der Waals surface area contributed by atoms with Crippen LogP contribution in [0.5, 0.6) is 0 Å². The first-order chi connectivity index (χ1) is 11.6. The number of amides is 1. The van der Waals surface area contributed by atoms with Gasteiger partial charge < -0.3 is 5.73 Å². The van der Waals surface area contributed by atoms with Crippen LogP contribution in [0.1, 0.15) is 6.92 Å². The van der Waals surface area contributed by atoms with Crippen LogP contribution in [-0.4, -0.2) is 30.9 Å². The van der Waals surface area contributed by atoms with Gasteiger partial charge in [-0.1, -0.05) is 23.4 Å². The van der Waals surface area contributed by atoms with Crippen LogP contribution >= 0.6 is 23.4 Å². The number of primary amides is 1. The molecule has 0 aliphatic carbocycles. The zero-order valence-electron chi connectivity index (χ0n) is 12.8. The maximum atomic E-state index is 11.4. The van der Waals surface area contributed by atoms with Gasteiger partial charge in [0.05, 0.1) is 5.25 Å². The van der Waals surface area contributed by atoms with Gasteiger partial charge >= 0.3 is 0 Å². The van der Waals surface area contributed by atoms with Crippen molar-refractivity contribution in [1.29, 1.82) is 0 Å². The topological polar surface area (TPSA) is 86.7 Å². The van der Waals surface area contributed by atoms with Crippen LogP contribution in [0.25, 0.3) is 17.1 Å². The third kappa shape index (κ3) is 3.42. The summed E-state index contributed by atoms with van der Waals surface area (Å²) in [5, 5.41) is 9.30. The lowest BCUT2D eigenvalue weighted by Gasteiger charge is -2.12. The number of carbonyl (C=O) groups excluding carboxylic acids is 1. The van der Waals surface area contributed by atoms with Crippen LogP contribution in [-0.2, 0) is 4.79 Å². The van der Waals surface area contributed by atoms with Crippen LogP contribution < -0.4 is 5.73 Å². The summed E-state index contributed by atoms with van der Waals surface area (Å²) in [7, 11) is 0. The van der Waals surface area contributed by atoms with E-state index in [0.29, 0.717) is 16.0 Å². The molecule has 0 bridgehead atoms. The highest BCUT2D eigenvalue weighted by Crippen LogP contribution is 2.30. The first kappa shape index (κ1) is 16.5. The summed E-state index contributed by atoms with van der Waals surface area (Å²) in [5.74, 6) is 0.245. The lowest BCUT2D eigenvalue weighted by molar-refractivity contribution is -0.117. The second-order valence-corrected chi connectivity index (χ2v) is 6.76. The van der Waals surface area contributed by atoms with Gasteiger partial charge in [0.2, 0.25) is 5.91 Å². The van der Waals surface area contributed by atoms with Crippen molar-refractivity contribution in [1.82, 2.24) is 19.7 Å². The molecule has 0 aliphatic rings. The predicted molar refractivity (Wildman–Crippen MR) is 94.1 cm³/mol. The Bertz CT molecular complexity index is 851. The van der Waals surface area contributed by atoms with Gasteiger partial charge in [0, 0.05) is 28.7 Å². The minimum atomic E-state index is -0.425. The van der Waals surface area contributed by atoms with Crippen LogP contribution in [0.4, 0.5) is 0 Å². The summed E-state index contributed by atoms with van der Waals surface area (Å²) in [6.45, 7) is 1.74. The van der Waals surface area contributed by atoms with Crippen LogP contribution in [0.3, 0.4) is 0 Å². The van der Waals surface area contributed by atoms with Crippen molar-refractivity contribution in [3.05, 3.63) is 53.8 Å². The van der Waals surface area contributed by atoms with Crippen molar-refractivity contribution in [3.63, 3.8) is 0 Å². The Morgan fingerprint density at radius 1 is 1.17 bits per heavy atom. The molecule has 1 amide bonds. The second-order valence-electron chi connectivity index (χ2n) is 5.02. The number of rotatable bonds is 5. The lowest BCUT2D eigenvalue weighted by Crippen LogP contribution is -2.23. The van der Waals surface area contributed by atoms with Gasteiger partial charge in [-0.25, -0.2) is 0 Å². The molecule has 3 rings (SSSR count). The summed E-state index contributed by atoms with van der Waals surface area (Å²) in [6, 6.07) is 11.0. The zero-order valence-corrected chi connectivity index (χ0v) is 14.3. The molecule has 0 saturated carbocycles. The highest BCUT2D eigenvalue weighted by atomic mass is 35.5. The monoisotopic (exact) mass is 359 g/mol. The molecule has 0 saturated heterocycles. The number of nitrogens with two attached hydrogens (primary N) is 1. The summed E-state index contributed by atoms with van der Waals surface area (Å²) in [6.07, 6.45) is 3.38. The minimum absolute atomic E-state index is 0.406. The molecule has 2 aromatic heterocycles. The number of pyridine rings is 1. The summed E-state index contributed by atoms with van der Waals surface area (Å²) < 4.78 is 1.87. The quantitative estimate of drug-likeness (QED) is 0.708. The molecule has 3 aromatic rings. The van der Waals surface area contributed by atoms with Crippen molar-refractivity contribution >= 4 is 29.3 Å². The predicted octanol–water partition coefficient (Wildman–Crippen LogP) is 2.95. The number of hydrogen-bond donors (Lipinski definition) is 1. The van der Waals surface area contributed by atoms with Crippen LogP contribution in [0.15, 0.2) is 53.9 Å². The number of aromatic nitrogens is 4. The van der Waals surface area contributed by atoms with E-state index in [1.807, 2.05) is 28.8 Å². The van der Waals surface area contributed by atoms with E-state index >= 15 is 0 Å². The summed E-state index contributed by atoms with van der Waals surface area (Å²) in [5.41, 5.74) is 7.08. The second kappa shape index (κ2) is 7.02. The number of halogens is 1. The van der Waals surface area contributed by atoms with Crippen molar-refractivity contribution in [2.45, 2.75) is 17.3 Å². The average molecular weight is 360 g/mol. The highest BCUT2D eigenvalue weighted by Gasteiger charge is 2.20. The Kier molecular flexibility index (Phi) is 4.82. The fraction of sp³-hybridized carbons (Fsp3) is 0.125. The van der Waals surface area contributed by atoms with E-state index in [9.17, 15) is 4.79 Å². The Balaban J connectivity index is 2.12.